The van der Waals surface area contributed by atoms with Crippen LogP contribution in [-0.2, 0) is 6.54 Å². The summed E-state index contributed by atoms with van der Waals surface area (Å²) in [6, 6.07) is 4.12. The number of hydrogen-bond acceptors (Lipinski definition) is 3. The van der Waals surface area contributed by atoms with Crippen LogP contribution in [0, 0.1) is 0 Å². The number of methoxy groups -OCH3 is 3. The maximum absolute atomic E-state index is 5.39. The molecule has 106 valence electrons. The summed E-state index contributed by atoms with van der Waals surface area (Å²) in [6.45, 7) is 3.55. The van der Waals surface area contributed by atoms with Crippen LogP contribution in [0.2, 0.25) is 0 Å². The summed E-state index contributed by atoms with van der Waals surface area (Å²) in [5.74, 6) is 2.16. The first-order chi connectivity index (χ1) is 9.28. The van der Waals surface area contributed by atoms with Crippen LogP contribution in [0.1, 0.15) is 24.8 Å². The third kappa shape index (κ3) is 3.32. The van der Waals surface area contributed by atoms with E-state index in [4.69, 9.17) is 14.2 Å². The lowest BCUT2D eigenvalue weighted by Gasteiger charge is -2.24. The summed E-state index contributed by atoms with van der Waals surface area (Å²) in [7, 11) is 4.96. The zero-order valence-electron chi connectivity index (χ0n) is 12.1. The zero-order valence-corrected chi connectivity index (χ0v) is 12.1. The Kier molecular flexibility index (Phi) is 4.91. The van der Waals surface area contributed by atoms with Crippen molar-refractivity contribution in [1.82, 2.24) is 0 Å². The van der Waals surface area contributed by atoms with Crippen molar-refractivity contribution >= 4 is 0 Å². The molecule has 1 N–H and O–H groups in total. The SMILES string of the molecule is COc1cc(C[NH+]2CCCCC2)cc(OC)c1OC. The van der Waals surface area contributed by atoms with Crippen molar-refractivity contribution in [2.24, 2.45) is 0 Å². The maximum Gasteiger partial charge on any atom is 0.203 e. The van der Waals surface area contributed by atoms with Gasteiger partial charge in [-0.15, -0.1) is 0 Å². The normalized spacial score (nSPS) is 16.2. The molecule has 1 fully saturated rings. The molecule has 0 aromatic heterocycles. The smallest absolute Gasteiger partial charge is 0.203 e. The number of rotatable bonds is 5. The van der Waals surface area contributed by atoms with Crippen LogP contribution in [0.15, 0.2) is 12.1 Å². The summed E-state index contributed by atoms with van der Waals surface area (Å²) in [5.41, 5.74) is 1.24. The van der Waals surface area contributed by atoms with Gasteiger partial charge in [0, 0.05) is 5.56 Å². The molecule has 0 radical (unpaired) electrons. The van der Waals surface area contributed by atoms with Crippen molar-refractivity contribution in [2.45, 2.75) is 25.8 Å². The van der Waals surface area contributed by atoms with E-state index in [1.807, 2.05) is 0 Å². The number of quaternary nitrogens is 1. The molecule has 2 rings (SSSR count). The summed E-state index contributed by atoms with van der Waals surface area (Å²) in [4.78, 5) is 1.64. The van der Waals surface area contributed by atoms with Gasteiger partial charge in [-0.1, -0.05) is 0 Å². The van der Waals surface area contributed by atoms with Crippen molar-refractivity contribution in [3.8, 4) is 17.2 Å². The second-order valence-electron chi connectivity index (χ2n) is 5.02. The van der Waals surface area contributed by atoms with E-state index >= 15 is 0 Å². The molecule has 1 aliphatic heterocycles. The zero-order chi connectivity index (χ0) is 13.7. The molecule has 0 atom stereocenters. The van der Waals surface area contributed by atoms with Crippen LogP contribution in [-0.4, -0.2) is 34.4 Å². The largest absolute Gasteiger partial charge is 0.493 e. The highest BCUT2D eigenvalue weighted by Crippen LogP contribution is 2.37. The van der Waals surface area contributed by atoms with Crippen LogP contribution >= 0.6 is 0 Å². The Hall–Kier alpha value is -1.42. The number of nitrogens with one attached hydrogen (secondary N) is 1. The van der Waals surface area contributed by atoms with E-state index in [0.717, 1.165) is 18.0 Å². The Morgan fingerprint density at radius 1 is 0.895 bits per heavy atom. The average Bonchev–Trinajstić information content (AvgIpc) is 2.47. The molecular weight excluding hydrogens is 242 g/mol. The van der Waals surface area contributed by atoms with Crippen LogP contribution in [0.25, 0.3) is 0 Å². The molecule has 1 heterocycles. The van der Waals surface area contributed by atoms with Gasteiger partial charge in [0.05, 0.1) is 34.4 Å². The van der Waals surface area contributed by atoms with Gasteiger partial charge in [0.15, 0.2) is 11.5 Å². The molecule has 0 saturated carbocycles. The Morgan fingerprint density at radius 3 is 1.95 bits per heavy atom. The molecule has 1 saturated heterocycles. The second kappa shape index (κ2) is 6.66. The maximum atomic E-state index is 5.39. The van der Waals surface area contributed by atoms with Gasteiger partial charge in [-0.3, -0.25) is 0 Å². The fraction of sp³-hybridized carbons (Fsp3) is 0.600. The molecule has 0 aliphatic carbocycles. The van der Waals surface area contributed by atoms with Crippen LogP contribution < -0.4 is 19.1 Å². The summed E-state index contributed by atoms with van der Waals surface area (Å²) >= 11 is 0. The van der Waals surface area contributed by atoms with E-state index in [9.17, 15) is 0 Å². The highest BCUT2D eigenvalue weighted by molar-refractivity contribution is 5.53. The average molecular weight is 266 g/mol. The molecule has 19 heavy (non-hydrogen) atoms. The molecule has 1 aliphatic rings. The Bertz CT molecular complexity index is 389. The lowest BCUT2D eigenvalue weighted by atomic mass is 10.1. The number of benzene rings is 1. The topological polar surface area (TPSA) is 32.1 Å². The van der Waals surface area contributed by atoms with E-state index in [1.165, 1.54) is 37.9 Å². The third-order valence-corrected chi connectivity index (χ3v) is 3.74. The summed E-state index contributed by atoms with van der Waals surface area (Å²) < 4.78 is 16.1. The molecule has 0 bridgehead atoms. The highest BCUT2D eigenvalue weighted by Gasteiger charge is 2.18. The molecule has 4 nitrogen and oxygen atoms in total. The fourth-order valence-electron chi connectivity index (χ4n) is 2.75. The van der Waals surface area contributed by atoms with Crippen LogP contribution in [0.3, 0.4) is 0 Å². The lowest BCUT2D eigenvalue weighted by Crippen LogP contribution is -3.11. The van der Waals surface area contributed by atoms with Crippen molar-refractivity contribution in [2.75, 3.05) is 34.4 Å². The third-order valence-electron chi connectivity index (χ3n) is 3.74. The minimum atomic E-state index is 0.669. The Labute approximate surface area is 115 Å². The van der Waals surface area contributed by atoms with Crippen molar-refractivity contribution in [3.63, 3.8) is 0 Å². The molecular formula is C15H24NO3+. The number of hydrogen-bond donors (Lipinski definition) is 1. The second-order valence-corrected chi connectivity index (χ2v) is 5.02. The minimum Gasteiger partial charge on any atom is -0.493 e. The number of ether oxygens (including phenoxy) is 3. The first kappa shape index (κ1) is 14.0. The van der Waals surface area contributed by atoms with E-state index in [2.05, 4.69) is 12.1 Å². The number of likely N-dealkylation sites (tertiary alicyclic amines) is 1. The number of piperidine rings is 1. The summed E-state index contributed by atoms with van der Waals surface area (Å²) in [5, 5.41) is 0. The lowest BCUT2D eigenvalue weighted by molar-refractivity contribution is -0.918. The standard InChI is InChI=1S/C15H23NO3/c1-17-13-9-12(10-14(18-2)15(13)19-3)11-16-7-5-4-6-8-16/h9-10H,4-8,11H2,1-3H3/p+1. The predicted octanol–water partition coefficient (Wildman–Crippen LogP) is 1.28. The van der Waals surface area contributed by atoms with Crippen LogP contribution in [0.5, 0.6) is 17.2 Å². The van der Waals surface area contributed by atoms with Gasteiger partial charge < -0.3 is 19.1 Å². The Morgan fingerprint density at radius 2 is 1.47 bits per heavy atom. The van der Waals surface area contributed by atoms with E-state index in [1.54, 1.807) is 26.2 Å². The van der Waals surface area contributed by atoms with Gasteiger partial charge in [-0.2, -0.15) is 0 Å². The molecule has 1 aromatic carbocycles. The van der Waals surface area contributed by atoms with Gasteiger partial charge >= 0.3 is 0 Å². The predicted molar refractivity (Wildman–Crippen MR) is 74.3 cm³/mol. The molecule has 0 spiro atoms. The van der Waals surface area contributed by atoms with E-state index in [0.29, 0.717) is 5.75 Å². The van der Waals surface area contributed by atoms with Crippen molar-refractivity contribution < 1.29 is 19.1 Å². The first-order valence-electron chi connectivity index (χ1n) is 6.91. The van der Waals surface area contributed by atoms with Crippen molar-refractivity contribution in [3.05, 3.63) is 17.7 Å². The van der Waals surface area contributed by atoms with Gasteiger partial charge in [0.2, 0.25) is 5.75 Å². The van der Waals surface area contributed by atoms with Gasteiger partial charge in [-0.05, 0) is 31.4 Å². The molecule has 0 unspecified atom stereocenters. The minimum absolute atomic E-state index is 0.669. The molecule has 4 heteroatoms. The Balaban J connectivity index is 2.20. The summed E-state index contributed by atoms with van der Waals surface area (Å²) in [6.07, 6.45) is 4.04. The highest BCUT2D eigenvalue weighted by atomic mass is 16.5. The molecule has 1 aromatic rings. The molecule has 0 amide bonds. The monoisotopic (exact) mass is 266 g/mol. The quantitative estimate of drug-likeness (QED) is 0.871. The van der Waals surface area contributed by atoms with Gasteiger partial charge in [-0.25, -0.2) is 0 Å². The van der Waals surface area contributed by atoms with Gasteiger partial charge in [0.25, 0.3) is 0 Å². The fourth-order valence-corrected chi connectivity index (χ4v) is 2.75. The first-order valence-corrected chi connectivity index (χ1v) is 6.91. The van der Waals surface area contributed by atoms with E-state index in [-0.39, 0.29) is 0 Å². The van der Waals surface area contributed by atoms with Crippen molar-refractivity contribution in [1.29, 1.82) is 0 Å². The van der Waals surface area contributed by atoms with Crippen LogP contribution in [0.4, 0.5) is 0 Å². The van der Waals surface area contributed by atoms with E-state index < -0.39 is 0 Å². The van der Waals surface area contributed by atoms with Gasteiger partial charge in [0.1, 0.15) is 6.54 Å².